The van der Waals surface area contributed by atoms with Gasteiger partial charge in [-0.2, -0.15) is 0 Å². The minimum absolute atomic E-state index is 0.244. The highest BCUT2D eigenvalue weighted by molar-refractivity contribution is 6.07. The van der Waals surface area contributed by atoms with Gasteiger partial charge in [-0.3, -0.25) is 9.59 Å². The summed E-state index contributed by atoms with van der Waals surface area (Å²) in [4.78, 5) is 26.9. The van der Waals surface area contributed by atoms with Crippen molar-refractivity contribution in [3.05, 3.63) is 53.6 Å². The number of ether oxygens (including phenoxy) is 3. The highest BCUT2D eigenvalue weighted by atomic mass is 16.5. The second-order valence-corrected chi connectivity index (χ2v) is 6.89. The summed E-state index contributed by atoms with van der Waals surface area (Å²) in [6.07, 6.45) is 3.00. The summed E-state index contributed by atoms with van der Waals surface area (Å²) in [7, 11) is 8.44. The number of para-hydroxylation sites is 1. The average molecular weight is 428 g/mol. The van der Waals surface area contributed by atoms with Crippen molar-refractivity contribution in [2.24, 2.45) is 0 Å². The molecule has 0 saturated heterocycles. The topological polar surface area (TPSA) is 89.1 Å². The number of benzene rings is 2. The van der Waals surface area contributed by atoms with E-state index in [2.05, 4.69) is 10.6 Å². The number of nitrogens with zero attached hydrogens (tertiary/aromatic N) is 1. The molecule has 31 heavy (non-hydrogen) atoms. The fourth-order valence-corrected chi connectivity index (χ4v) is 2.82. The van der Waals surface area contributed by atoms with Gasteiger partial charge in [-0.05, 0) is 50.0 Å². The molecule has 0 aliphatic carbocycles. The molecule has 0 atom stereocenters. The molecule has 0 heterocycles. The van der Waals surface area contributed by atoms with E-state index < -0.39 is 0 Å². The van der Waals surface area contributed by atoms with Crippen LogP contribution in [0.25, 0.3) is 6.08 Å². The molecular weight excluding hydrogens is 398 g/mol. The number of likely N-dealkylation sites (N-methyl/N-ethyl adjacent to an activating group) is 1. The number of anilines is 1. The molecule has 0 spiro atoms. The lowest BCUT2D eigenvalue weighted by molar-refractivity contribution is -0.111. The van der Waals surface area contributed by atoms with E-state index in [1.54, 1.807) is 42.5 Å². The van der Waals surface area contributed by atoms with E-state index in [4.69, 9.17) is 14.2 Å². The summed E-state index contributed by atoms with van der Waals surface area (Å²) in [6, 6.07) is 10.3. The van der Waals surface area contributed by atoms with Gasteiger partial charge in [0.25, 0.3) is 5.91 Å². The molecule has 0 aliphatic heterocycles. The molecule has 0 unspecified atom stereocenters. The molecule has 2 N–H and O–H groups in total. The first-order chi connectivity index (χ1) is 14.9. The van der Waals surface area contributed by atoms with Crippen molar-refractivity contribution in [3.8, 4) is 17.2 Å². The SMILES string of the molecule is COc1cc(C=CC(=O)Nc2ccccc2C(=O)NCCN(C)C)cc(OC)c1OC. The summed E-state index contributed by atoms with van der Waals surface area (Å²) in [5.41, 5.74) is 1.53. The Bertz CT molecular complexity index is 916. The maximum Gasteiger partial charge on any atom is 0.253 e. The molecule has 0 radical (unpaired) electrons. The molecule has 8 nitrogen and oxygen atoms in total. The zero-order valence-corrected chi connectivity index (χ0v) is 18.5. The van der Waals surface area contributed by atoms with Crippen LogP contribution in [0, 0.1) is 0 Å². The highest BCUT2D eigenvalue weighted by Crippen LogP contribution is 2.38. The molecule has 8 heteroatoms. The molecule has 0 fully saturated rings. The fraction of sp³-hybridized carbons (Fsp3) is 0.304. The predicted octanol–water partition coefficient (Wildman–Crippen LogP) is 2.66. The predicted molar refractivity (Wildman–Crippen MR) is 121 cm³/mol. The van der Waals surface area contributed by atoms with E-state index in [-0.39, 0.29) is 11.8 Å². The van der Waals surface area contributed by atoms with Crippen LogP contribution in [0.15, 0.2) is 42.5 Å². The Balaban J connectivity index is 2.13. The Morgan fingerprint density at radius 2 is 1.65 bits per heavy atom. The second-order valence-electron chi connectivity index (χ2n) is 6.89. The van der Waals surface area contributed by atoms with Crippen LogP contribution in [-0.2, 0) is 4.79 Å². The van der Waals surface area contributed by atoms with Gasteiger partial charge in [-0.25, -0.2) is 0 Å². The Morgan fingerprint density at radius 3 is 2.23 bits per heavy atom. The summed E-state index contributed by atoms with van der Waals surface area (Å²) >= 11 is 0. The first-order valence-electron chi connectivity index (χ1n) is 9.70. The standard InChI is InChI=1S/C23H29N3O5/c1-26(2)13-12-24-23(28)17-8-6-7-9-18(17)25-21(27)11-10-16-14-19(29-3)22(31-5)20(15-16)30-4/h6-11,14-15H,12-13H2,1-5H3,(H,24,28)(H,25,27). The molecule has 0 bridgehead atoms. The van der Waals surface area contributed by atoms with Crippen molar-refractivity contribution in [2.75, 3.05) is 53.8 Å². The van der Waals surface area contributed by atoms with Crippen LogP contribution in [0.5, 0.6) is 17.2 Å². The number of nitrogens with one attached hydrogen (secondary N) is 2. The first kappa shape index (κ1) is 23.8. The second kappa shape index (κ2) is 11.6. The smallest absolute Gasteiger partial charge is 0.253 e. The van der Waals surface area contributed by atoms with Gasteiger partial charge in [-0.15, -0.1) is 0 Å². The van der Waals surface area contributed by atoms with Crippen molar-refractivity contribution in [1.82, 2.24) is 10.2 Å². The van der Waals surface area contributed by atoms with Crippen LogP contribution >= 0.6 is 0 Å². The van der Waals surface area contributed by atoms with Gasteiger partial charge in [0.05, 0.1) is 32.6 Å². The highest BCUT2D eigenvalue weighted by Gasteiger charge is 2.13. The Morgan fingerprint density at radius 1 is 1.00 bits per heavy atom. The minimum atomic E-state index is -0.373. The van der Waals surface area contributed by atoms with Crippen LogP contribution in [0.3, 0.4) is 0 Å². The number of carbonyl (C=O) groups is 2. The van der Waals surface area contributed by atoms with E-state index in [0.717, 1.165) is 6.54 Å². The number of rotatable bonds is 10. The van der Waals surface area contributed by atoms with Crippen molar-refractivity contribution in [1.29, 1.82) is 0 Å². The van der Waals surface area contributed by atoms with Crippen LogP contribution in [0.4, 0.5) is 5.69 Å². The third-order valence-electron chi connectivity index (χ3n) is 4.39. The average Bonchev–Trinajstić information content (AvgIpc) is 2.76. The molecule has 0 saturated carbocycles. The monoisotopic (exact) mass is 427 g/mol. The Hall–Kier alpha value is -3.52. The van der Waals surface area contributed by atoms with Gasteiger partial charge in [0.15, 0.2) is 11.5 Å². The van der Waals surface area contributed by atoms with E-state index in [1.165, 1.54) is 27.4 Å². The summed E-state index contributed by atoms with van der Waals surface area (Å²) < 4.78 is 15.9. The van der Waals surface area contributed by atoms with Crippen molar-refractivity contribution >= 4 is 23.6 Å². The number of carbonyl (C=O) groups excluding carboxylic acids is 2. The van der Waals surface area contributed by atoms with Gasteiger partial charge in [0, 0.05) is 19.2 Å². The van der Waals surface area contributed by atoms with Crippen molar-refractivity contribution < 1.29 is 23.8 Å². The van der Waals surface area contributed by atoms with Crippen LogP contribution < -0.4 is 24.8 Å². The quantitative estimate of drug-likeness (QED) is 0.567. The number of hydrogen-bond acceptors (Lipinski definition) is 6. The van der Waals surface area contributed by atoms with Crippen LogP contribution in [-0.4, -0.2) is 65.2 Å². The van der Waals surface area contributed by atoms with E-state index in [9.17, 15) is 9.59 Å². The van der Waals surface area contributed by atoms with E-state index in [0.29, 0.717) is 40.6 Å². The summed E-state index contributed by atoms with van der Waals surface area (Å²) in [6.45, 7) is 1.23. The maximum atomic E-state index is 12.5. The number of amides is 2. The van der Waals surface area contributed by atoms with Crippen LogP contribution in [0.2, 0.25) is 0 Å². The lowest BCUT2D eigenvalue weighted by atomic mass is 10.1. The number of hydrogen-bond donors (Lipinski definition) is 2. The summed E-state index contributed by atoms with van der Waals surface area (Å²) in [5, 5.41) is 5.60. The fourth-order valence-electron chi connectivity index (χ4n) is 2.82. The van der Waals surface area contributed by atoms with E-state index in [1.807, 2.05) is 19.0 Å². The molecule has 2 aromatic carbocycles. The summed E-state index contributed by atoms with van der Waals surface area (Å²) in [5.74, 6) is 0.831. The Labute approximate surface area is 182 Å². The van der Waals surface area contributed by atoms with Gasteiger partial charge in [0.2, 0.25) is 11.7 Å². The molecule has 0 aromatic heterocycles. The number of methoxy groups -OCH3 is 3. The molecule has 2 rings (SSSR count). The minimum Gasteiger partial charge on any atom is -0.493 e. The lowest BCUT2D eigenvalue weighted by Gasteiger charge is -2.13. The molecule has 166 valence electrons. The van der Waals surface area contributed by atoms with Crippen molar-refractivity contribution in [2.45, 2.75) is 0 Å². The first-order valence-corrected chi connectivity index (χ1v) is 9.70. The Kier molecular flexibility index (Phi) is 8.90. The lowest BCUT2D eigenvalue weighted by Crippen LogP contribution is -2.31. The molecule has 0 aliphatic rings. The van der Waals surface area contributed by atoms with E-state index >= 15 is 0 Å². The normalized spacial score (nSPS) is 10.8. The largest absolute Gasteiger partial charge is 0.493 e. The van der Waals surface area contributed by atoms with Gasteiger partial charge in [-0.1, -0.05) is 12.1 Å². The zero-order valence-electron chi connectivity index (χ0n) is 18.5. The third kappa shape index (κ3) is 6.75. The molecule has 2 aromatic rings. The molecule has 2 amide bonds. The van der Waals surface area contributed by atoms with Crippen LogP contribution in [0.1, 0.15) is 15.9 Å². The molecular formula is C23H29N3O5. The third-order valence-corrected chi connectivity index (χ3v) is 4.39. The van der Waals surface area contributed by atoms with Crippen molar-refractivity contribution in [3.63, 3.8) is 0 Å². The van der Waals surface area contributed by atoms with Gasteiger partial charge < -0.3 is 29.7 Å². The maximum absolute atomic E-state index is 12.5. The van der Waals surface area contributed by atoms with Gasteiger partial charge >= 0.3 is 0 Å². The zero-order chi connectivity index (χ0) is 22.8. The van der Waals surface area contributed by atoms with Gasteiger partial charge in [0.1, 0.15) is 0 Å².